The molecule has 1 aromatic heterocycles. The molecule has 1 aromatic rings. The van der Waals surface area contributed by atoms with Gasteiger partial charge in [0.2, 0.25) is 0 Å². The number of hydrogen-bond acceptors (Lipinski definition) is 4. The zero-order valence-corrected chi connectivity index (χ0v) is 9.58. The molecule has 0 saturated carbocycles. The molecule has 1 N–H and O–H groups in total. The minimum atomic E-state index is 0.763. The van der Waals surface area contributed by atoms with Gasteiger partial charge in [0.15, 0.2) is 5.89 Å². The number of nitrogens with zero attached hydrogens (tertiary/aromatic N) is 1. The third-order valence-corrected chi connectivity index (χ3v) is 2.18. The molecule has 1 rings (SSSR count). The Bertz CT molecular complexity index is 261. The molecule has 1 heterocycles. The van der Waals surface area contributed by atoms with E-state index in [1.54, 1.807) is 7.11 Å². The van der Waals surface area contributed by atoms with Crippen LogP contribution in [-0.4, -0.2) is 31.8 Å². The predicted molar refractivity (Wildman–Crippen MR) is 58.9 cm³/mol. The number of nitrogens with one attached hydrogen (secondary N) is 1. The van der Waals surface area contributed by atoms with Crippen LogP contribution in [0.4, 0.5) is 0 Å². The lowest BCUT2D eigenvalue weighted by Gasteiger charge is -2.01. The van der Waals surface area contributed by atoms with Gasteiger partial charge in [-0.25, -0.2) is 4.98 Å². The molecule has 15 heavy (non-hydrogen) atoms. The molecular formula is C11H20N2O2. The van der Waals surface area contributed by atoms with E-state index in [9.17, 15) is 0 Å². The van der Waals surface area contributed by atoms with Crippen molar-refractivity contribution in [2.45, 2.75) is 26.2 Å². The molecule has 0 atom stereocenters. The summed E-state index contributed by atoms with van der Waals surface area (Å²) in [5, 5.41) is 3.28. The van der Waals surface area contributed by atoms with Crippen molar-refractivity contribution in [1.82, 2.24) is 10.3 Å². The van der Waals surface area contributed by atoms with Gasteiger partial charge in [-0.3, -0.25) is 0 Å². The highest BCUT2D eigenvalue weighted by molar-refractivity contribution is 4.93. The Kier molecular flexibility index (Phi) is 6.04. The van der Waals surface area contributed by atoms with Gasteiger partial charge in [-0.1, -0.05) is 6.92 Å². The summed E-state index contributed by atoms with van der Waals surface area (Å²) in [5.74, 6) is 1.82. The summed E-state index contributed by atoms with van der Waals surface area (Å²) >= 11 is 0. The van der Waals surface area contributed by atoms with Crippen LogP contribution in [0.5, 0.6) is 0 Å². The van der Waals surface area contributed by atoms with Crippen LogP contribution in [0.2, 0.25) is 0 Å². The third kappa shape index (κ3) is 4.95. The van der Waals surface area contributed by atoms with E-state index in [1.165, 1.54) is 0 Å². The molecule has 0 unspecified atom stereocenters. The molecule has 0 aliphatic rings. The average molecular weight is 212 g/mol. The molecule has 0 bridgehead atoms. The van der Waals surface area contributed by atoms with Gasteiger partial charge in [0.05, 0.1) is 12.8 Å². The molecular weight excluding hydrogens is 192 g/mol. The second-order valence-corrected chi connectivity index (χ2v) is 3.42. The summed E-state index contributed by atoms with van der Waals surface area (Å²) in [7, 11) is 1.71. The molecule has 0 amide bonds. The average Bonchev–Trinajstić information content (AvgIpc) is 2.71. The highest BCUT2D eigenvalue weighted by Crippen LogP contribution is 2.05. The molecule has 0 saturated heterocycles. The van der Waals surface area contributed by atoms with Crippen LogP contribution in [0.25, 0.3) is 0 Å². The van der Waals surface area contributed by atoms with E-state index in [-0.39, 0.29) is 0 Å². The number of hydrogen-bond donors (Lipinski definition) is 1. The minimum Gasteiger partial charge on any atom is -0.446 e. The topological polar surface area (TPSA) is 47.3 Å². The van der Waals surface area contributed by atoms with Crippen LogP contribution in [-0.2, 0) is 17.6 Å². The van der Waals surface area contributed by atoms with Gasteiger partial charge >= 0.3 is 0 Å². The van der Waals surface area contributed by atoms with E-state index in [4.69, 9.17) is 9.15 Å². The highest BCUT2D eigenvalue weighted by Gasteiger charge is 2.01. The van der Waals surface area contributed by atoms with Crippen LogP contribution >= 0.6 is 0 Å². The van der Waals surface area contributed by atoms with Crippen LogP contribution in [0, 0.1) is 0 Å². The van der Waals surface area contributed by atoms with E-state index < -0.39 is 0 Å². The van der Waals surface area contributed by atoms with E-state index in [1.807, 2.05) is 6.20 Å². The second-order valence-electron chi connectivity index (χ2n) is 3.42. The summed E-state index contributed by atoms with van der Waals surface area (Å²) in [6.07, 6.45) is 4.68. The van der Waals surface area contributed by atoms with Gasteiger partial charge in [0, 0.05) is 26.5 Å². The number of oxazole rings is 1. The van der Waals surface area contributed by atoms with Crippen LogP contribution in [0.1, 0.15) is 25.0 Å². The van der Waals surface area contributed by atoms with Crippen molar-refractivity contribution in [3.8, 4) is 0 Å². The lowest BCUT2D eigenvalue weighted by molar-refractivity contribution is 0.199. The fourth-order valence-corrected chi connectivity index (χ4v) is 1.29. The van der Waals surface area contributed by atoms with Gasteiger partial charge < -0.3 is 14.5 Å². The smallest absolute Gasteiger partial charge is 0.194 e. The second kappa shape index (κ2) is 7.43. The normalized spacial score (nSPS) is 10.8. The SMILES string of the molecule is CCc1cnc(CCCNCCOC)o1. The molecule has 86 valence electrons. The Labute approximate surface area is 91.0 Å². The Balaban J connectivity index is 2.04. The number of aryl methyl sites for hydroxylation is 2. The maximum absolute atomic E-state index is 5.50. The number of methoxy groups -OCH3 is 1. The summed E-state index contributed by atoms with van der Waals surface area (Å²) in [5.41, 5.74) is 0. The van der Waals surface area contributed by atoms with Crippen molar-refractivity contribution in [3.63, 3.8) is 0 Å². The lowest BCUT2D eigenvalue weighted by Crippen LogP contribution is -2.20. The van der Waals surface area contributed by atoms with Gasteiger partial charge in [-0.05, 0) is 13.0 Å². The number of rotatable bonds is 8. The lowest BCUT2D eigenvalue weighted by atomic mass is 10.3. The first kappa shape index (κ1) is 12.2. The molecule has 0 spiro atoms. The standard InChI is InChI=1S/C11H20N2O2/c1-3-10-9-13-11(15-10)5-4-6-12-7-8-14-2/h9,12H,3-8H2,1-2H3. The van der Waals surface area contributed by atoms with Crippen LogP contribution < -0.4 is 5.32 Å². The van der Waals surface area contributed by atoms with Crippen molar-refractivity contribution in [1.29, 1.82) is 0 Å². The Morgan fingerprint density at radius 2 is 2.33 bits per heavy atom. The van der Waals surface area contributed by atoms with E-state index >= 15 is 0 Å². The first-order valence-corrected chi connectivity index (χ1v) is 5.50. The van der Waals surface area contributed by atoms with Gasteiger partial charge in [0.1, 0.15) is 5.76 Å². The fourth-order valence-electron chi connectivity index (χ4n) is 1.29. The molecule has 0 aliphatic heterocycles. The van der Waals surface area contributed by atoms with E-state index in [0.717, 1.165) is 50.6 Å². The molecule has 0 aromatic carbocycles. The molecule has 0 aliphatic carbocycles. The first-order valence-electron chi connectivity index (χ1n) is 5.50. The van der Waals surface area contributed by atoms with Crippen molar-refractivity contribution in [3.05, 3.63) is 17.8 Å². The highest BCUT2D eigenvalue weighted by atomic mass is 16.5. The molecule has 4 nitrogen and oxygen atoms in total. The van der Waals surface area contributed by atoms with Crippen LogP contribution in [0.3, 0.4) is 0 Å². The maximum Gasteiger partial charge on any atom is 0.194 e. The van der Waals surface area contributed by atoms with Crippen LogP contribution in [0.15, 0.2) is 10.6 Å². The maximum atomic E-state index is 5.50. The Morgan fingerprint density at radius 3 is 3.00 bits per heavy atom. The minimum absolute atomic E-state index is 0.763. The zero-order valence-electron chi connectivity index (χ0n) is 9.58. The zero-order chi connectivity index (χ0) is 10.9. The Morgan fingerprint density at radius 1 is 1.47 bits per heavy atom. The number of aromatic nitrogens is 1. The van der Waals surface area contributed by atoms with E-state index in [2.05, 4.69) is 17.2 Å². The van der Waals surface area contributed by atoms with Gasteiger partial charge in [-0.15, -0.1) is 0 Å². The first-order chi connectivity index (χ1) is 7.36. The van der Waals surface area contributed by atoms with Gasteiger partial charge in [-0.2, -0.15) is 0 Å². The molecule has 0 fully saturated rings. The largest absolute Gasteiger partial charge is 0.446 e. The molecule has 4 heteroatoms. The summed E-state index contributed by atoms with van der Waals surface area (Å²) in [4.78, 5) is 4.20. The number of ether oxygens (including phenoxy) is 1. The van der Waals surface area contributed by atoms with Gasteiger partial charge in [0.25, 0.3) is 0 Å². The third-order valence-electron chi connectivity index (χ3n) is 2.18. The monoisotopic (exact) mass is 212 g/mol. The molecule has 0 radical (unpaired) electrons. The van der Waals surface area contributed by atoms with Crippen molar-refractivity contribution in [2.24, 2.45) is 0 Å². The fraction of sp³-hybridized carbons (Fsp3) is 0.727. The predicted octanol–water partition coefficient (Wildman–Crippen LogP) is 1.41. The summed E-state index contributed by atoms with van der Waals surface area (Å²) in [6, 6.07) is 0. The van der Waals surface area contributed by atoms with Crippen molar-refractivity contribution in [2.75, 3.05) is 26.8 Å². The summed E-state index contributed by atoms with van der Waals surface area (Å²) < 4.78 is 10.4. The summed E-state index contributed by atoms with van der Waals surface area (Å²) in [6.45, 7) is 4.71. The van der Waals surface area contributed by atoms with Crippen molar-refractivity contribution >= 4 is 0 Å². The quantitative estimate of drug-likeness (QED) is 0.662. The van der Waals surface area contributed by atoms with Crippen molar-refractivity contribution < 1.29 is 9.15 Å². The van der Waals surface area contributed by atoms with E-state index in [0.29, 0.717) is 0 Å². The Hall–Kier alpha value is -0.870.